The number of nitrogens with zero attached hydrogens (tertiary/aromatic N) is 1. The second-order valence-electron chi connectivity index (χ2n) is 2.97. The van der Waals surface area contributed by atoms with E-state index in [4.69, 9.17) is 0 Å². The Bertz CT molecular complexity index is 117. The van der Waals surface area contributed by atoms with Gasteiger partial charge in [-0.05, 0) is 20.8 Å². The van der Waals surface area contributed by atoms with E-state index in [9.17, 15) is 0 Å². The molecular formula is C9H22N2S2. The lowest BCUT2D eigenvalue weighted by Gasteiger charge is -2.15. The fourth-order valence-corrected chi connectivity index (χ4v) is 0.750. The molecule has 0 bridgehead atoms. The van der Waals surface area contributed by atoms with Gasteiger partial charge in [0.05, 0.1) is 19.6 Å². The van der Waals surface area contributed by atoms with Crippen molar-refractivity contribution in [3.63, 3.8) is 0 Å². The van der Waals surface area contributed by atoms with Gasteiger partial charge in [-0.1, -0.05) is 4.32 Å². The molecule has 1 N–H and O–H groups in total. The molecule has 2 nitrogen and oxygen atoms in total. The Morgan fingerprint density at radius 3 is 1.38 bits per heavy atom. The second kappa shape index (κ2) is 10.2. The molecule has 0 atom stereocenters. The van der Waals surface area contributed by atoms with E-state index in [2.05, 4.69) is 45.6 Å². The summed E-state index contributed by atoms with van der Waals surface area (Å²) in [7, 11) is 3.66. The first-order valence-corrected chi connectivity index (χ1v) is 5.52. The normalized spacial score (nSPS) is 9.08. The van der Waals surface area contributed by atoms with Crippen LogP contribution in [0.25, 0.3) is 0 Å². The maximum Gasteiger partial charge on any atom is 0.0742 e. The number of hydrogen-bond donors (Lipinski definition) is 1. The molecule has 0 unspecified atom stereocenters. The molecule has 4 heteroatoms. The van der Waals surface area contributed by atoms with Gasteiger partial charge >= 0.3 is 0 Å². The maximum atomic E-state index is 4.56. The molecule has 0 heterocycles. The molecule has 80 valence electrons. The zero-order valence-electron chi connectivity index (χ0n) is 9.39. The van der Waals surface area contributed by atoms with Gasteiger partial charge in [-0.25, -0.2) is 0 Å². The van der Waals surface area contributed by atoms with Gasteiger partial charge in [-0.15, -0.1) is 0 Å². The van der Waals surface area contributed by atoms with Gasteiger partial charge in [-0.3, -0.25) is 0 Å². The van der Waals surface area contributed by atoms with Crippen LogP contribution in [0.5, 0.6) is 0 Å². The molecule has 0 amide bonds. The highest BCUT2D eigenvalue weighted by molar-refractivity contribution is 8.00. The van der Waals surface area contributed by atoms with E-state index in [-0.39, 0.29) is 0 Å². The highest BCUT2D eigenvalue weighted by atomic mass is 32.1. The zero-order chi connectivity index (χ0) is 10.9. The molecule has 0 aromatic heterocycles. The average Bonchev–Trinajstić information content (AvgIpc) is 2.08. The topological polar surface area (TPSA) is 7.68 Å². The van der Waals surface area contributed by atoms with Crippen molar-refractivity contribution in [1.82, 2.24) is 4.90 Å². The van der Waals surface area contributed by atoms with Crippen molar-refractivity contribution in [3.05, 3.63) is 0 Å². The van der Waals surface area contributed by atoms with Crippen LogP contribution < -0.4 is 4.90 Å². The molecule has 0 radical (unpaired) electrons. The van der Waals surface area contributed by atoms with Gasteiger partial charge in [0, 0.05) is 14.1 Å². The fourth-order valence-electron chi connectivity index (χ4n) is 0.750. The lowest BCUT2D eigenvalue weighted by Crippen LogP contribution is -3.11. The predicted molar refractivity (Wildman–Crippen MR) is 66.2 cm³/mol. The molecule has 0 aliphatic carbocycles. The summed E-state index contributed by atoms with van der Waals surface area (Å²) in [4.78, 5) is 3.39. The van der Waals surface area contributed by atoms with Crippen LogP contribution in [0.2, 0.25) is 0 Å². The summed E-state index contributed by atoms with van der Waals surface area (Å²) < 4.78 is 0.509. The Kier molecular flexibility index (Phi) is 12.1. The molecule has 0 spiro atoms. The molecular weight excluding hydrogens is 200 g/mol. The van der Waals surface area contributed by atoms with Crippen LogP contribution in [-0.2, 0) is 12.6 Å². The molecule has 0 rings (SSSR count). The number of hydrogen-bond acceptors (Lipinski definition) is 2. The van der Waals surface area contributed by atoms with Crippen molar-refractivity contribution in [1.29, 1.82) is 0 Å². The quantitative estimate of drug-likeness (QED) is 0.543. The van der Waals surface area contributed by atoms with E-state index in [0.29, 0.717) is 4.32 Å². The fraction of sp³-hybridized carbons (Fsp3) is 0.889. The third-order valence-electron chi connectivity index (χ3n) is 1.87. The number of nitrogens with one attached hydrogen (secondary N) is 1. The SMILES string of the molecule is CC[NH+](CC)CC.CN(C)C(=S)[S-]. The van der Waals surface area contributed by atoms with Crippen molar-refractivity contribution < 1.29 is 4.90 Å². The number of quaternary nitrogens is 1. The van der Waals surface area contributed by atoms with E-state index in [1.807, 2.05) is 14.1 Å². The smallest absolute Gasteiger partial charge is 0.0742 e. The highest BCUT2D eigenvalue weighted by Crippen LogP contribution is 1.74. The first kappa shape index (κ1) is 15.5. The summed E-state index contributed by atoms with van der Waals surface area (Å²) in [5.74, 6) is 0. The molecule has 0 saturated carbocycles. The minimum Gasteiger partial charge on any atom is -0.411 e. The van der Waals surface area contributed by atoms with Crippen LogP contribution in [-0.4, -0.2) is 43.0 Å². The molecule has 0 aromatic carbocycles. The summed E-state index contributed by atoms with van der Waals surface area (Å²) in [5.41, 5.74) is 0. The third kappa shape index (κ3) is 12.1. The minimum absolute atomic E-state index is 0.509. The highest BCUT2D eigenvalue weighted by Gasteiger charge is 1.92. The summed E-state index contributed by atoms with van der Waals surface area (Å²) in [5, 5.41) is 0. The Morgan fingerprint density at radius 2 is 1.38 bits per heavy atom. The van der Waals surface area contributed by atoms with Crippen LogP contribution in [0.4, 0.5) is 0 Å². The van der Waals surface area contributed by atoms with Crippen LogP contribution in [0.1, 0.15) is 20.8 Å². The van der Waals surface area contributed by atoms with Crippen LogP contribution in [0, 0.1) is 0 Å². The summed E-state index contributed by atoms with van der Waals surface area (Å²) >= 11 is 9.12. The molecule has 0 fully saturated rings. The van der Waals surface area contributed by atoms with E-state index < -0.39 is 0 Å². The van der Waals surface area contributed by atoms with Crippen molar-refractivity contribution in [2.45, 2.75) is 20.8 Å². The molecule has 0 aliphatic heterocycles. The standard InChI is InChI=1S/C6H15N.C3H7NS2/c1-4-7(5-2)6-3;1-4(2)3(5)6/h4-6H2,1-3H3;1-2H3,(H,5,6). The van der Waals surface area contributed by atoms with E-state index in [1.165, 1.54) is 19.6 Å². The predicted octanol–water partition coefficient (Wildman–Crippen LogP) is 0.311. The molecule has 0 saturated heterocycles. The average molecular weight is 222 g/mol. The van der Waals surface area contributed by atoms with Crippen molar-refractivity contribution in [2.75, 3.05) is 33.7 Å². The maximum absolute atomic E-state index is 4.56. The second-order valence-corrected chi connectivity index (χ2v) is 4.00. The Balaban J connectivity index is 0. The third-order valence-corrected chi connectivity index (χ3v) is 2.60. The van der Waals surface area contributed by atoms with Gasteiger partial charge in [0.1, 0.15) is 0 Å². The van der Waals surface area contributed by atoms with Crippen LogP contribution in [0.3, 0.4) is 0 Å². The first-order valence-electron chi connectivity index (χ1n) is 4.71. The summed E-state index contributed by atoms with van der Waals surface area (Å²) in [6.07, 6.45) is 0. The van der Waals surface area contributed by atoms with E-state index >= 15 is 0 Å². The first-order chi connectivity index (χ1) is 5.99. The van der Waals surface area contributed by atoms with Gasteiger partial charge in [-0.2, -0.15) is 0 Å². The number of thiocarbonyl (C=S) groups is 1. The Hall–Kier alpha value is 0.0700. The summed E-state index contributed by atoms with van der Waals surface area (Å²) in [6, 6.07) is 0. The summed E-state index contributed by atoms with van der Waals surface area (Å²) in [6.45, 7) is 10.5. The Labute approximate surface area is 93.7 Å². The lowest BCUT2D eigenvalue weighted by atomic mass is 10.5. The minimum atomic E-state index is 0.509. The van der Waals surface area contributed by atoms with E-state index in [1.54, 1.807) is 9.80 Å². The van der Waals surface area contributed by atoms with Gasteiger partial charge in [0.2, 0.25) is 0 Å². The van der Waals surface area contributed by atoms with Crippen LogP contribution in [0.15, 0.2) is 0 Å². The largest absolute Gasteiger partial charge is 0.411 e. The van der Waals surface area contributed by atoms with Crippen LogP contribution >= 0.6 is 12.2 Å². The zero-order valence-corrected chi connectivity index (χ0v) is 11.0. The van der Waals surface area contributed by atoms with E-state index in [0.717, 1.165) is 0 Å². The van der Waals surface area contributed by atoms with Crippen molar-refractivity contribution in [2.24, 2.45) is 0 Å². The van der Waals surface area contributed by atoms with Gasteiger partial charge < -0.3 is 34.6 Å². The monoisotopic (exact) mass is 222 g/mol. The van der Waals surface area contributed by atoms with Crippen molar-refractivity contribution >= 4 is 29.2 Å². The number of rotatable bonds is 3. The van der Waals surface area contributed by atoms with Gasteiger partial charge in [0.25, 0.3) is 0 Å². The molecule has 0 aliphatic rings. The Morgan fingerprint density at radius 1 is 1.15 bits per heavy atom. The lowest BCUT2D eigenvalue weighted by molar-refractivity contribution is -0.894. The molecule has 0 aromatic rings. The molecule has 13 heavy (non-hydrogen) atoms. The van der Waals surface area contributed by atoms with Gasteiger partial charge in [0.15, 0.2) is 0 Å². The van der Waals surface area contributed by atoms with Crippen molar-refractivity contribution in [3.8, 4) is 0 Å².